The van der Waals surface area contributed by atoms with Crippen LogP contribution in [0.5, 0.6) is 0 Å². The first kappa shape index (κ1) is 27.5. The van der Waals surface area contributed by atoms with E-state index in [1.807, 2.05) is 0 Å². The number of hydrogen-bond acceptors (Lipinski definition) is 4. The van der Waals surface area contributed by atoms with Gasteiger partial charge in [-0.05, 0) is 32.1 Å². The van der Waals surface area contributed by atoms with E-state index in [1.165, 1.54) is 57.8 Å². The van der Waals surface area contributed by atoms with Crippen molar-refractivity contribution in [2.75, 3.05) is 6.61 Å². The van der Waals surface area contributed by atoms with Crippen molar-refractivity contribution in [2.45, 2.75) is 96.8 Å². The van der Waals surface area contributed by atoms with Crippen LogP contribution in [0.4, 0.5) is 0 Å². The fourth-order valence-electron chi connectivity index (χ4n) is 2.51. The average Bonchev–Trinajstić information content (AvgIpc) is 2.49. The number of rotatable bonds is 17. The summed E-state index contributed by atoms with van der Waals surface area (Å²) in [5.41, 5.74) is 0. The van der Waals surface area contributed by atoms with Gasteiger partial charge in [-0.15, -0.1) is 0 Å². The normalized spacial score (nSPS) is 11.8. The Hall–Kier alpha value is 1.25. The van der Waals surface area contributed by atoms with E-state index < -0.39 is 10.4 Å². The summed E-state index contributed by atoms with van der Waals surface area (Å²) in [6.45, 7) is 2.27. The quantitative estimate of drug-likeness (QED) is 0.127. The topological polar surface area (TPSA) is 66.4 Å². The average molecular weight is 387 g/mol. The van der Waals surface area contributed by atoms with Gasteiger partial charge in [0.1, 0.15) is 0 Å². The van der Waals surface area contributed by atoms with Gasteiger partial charge >= 0.3 is 51.4 Å². The van der Waals surface area contributed by atoms with E-state index in [-0.39, 0.29) is 58.0 Å². The standard InChI is InChI=1S/C18H36O4S.K/c1-2-3-4-5-6-7-8-9-10-11-12-13-14-15-16-17-18-22-23(19,20)21;/h9-10H,2-8,11-18H2,1H3,(H,19,20,21);/q;+1/p-1. The van der Waals surface area contributed by atoms with E-state index in [2.05, 4.69) is 23.3 Å². The van der Waals surface area contributed by atoms with Crippen LogP contribution < -0.4 is 51.4 Å². The van der Waals surface area contributed by atoms with Crippen molar-refractivity contribution in [1.82, 2.24) is 0 Å². The van der Waals surface area contributed by atoms with Gasteiger partial charge in [0, 0.05) is 0 Å². The van der Waals surface area contributed by atoms with Gasteiger partial charge in [0.05, 0.1) is 6.61 Å². The Morgan fingerprint density at radius 1 is 0.750 bits per heavy atom. The van der Waals surface area contributed by atoms with Gasteiger partial charge in [-0.3, -0.25) is 4.18 Å². The molecule has 0 saturated heterocycles. The predicted molar refractivity (Wildman–Crippen MR) is 95.1 cm³/mol. The molecule has 0 radical (unpaired) electrons. The molecular weight excluding hydrogens is 351 g/mol. The van der Waals surface area contributed by atoms with Gasteiger partial charge in [-0.25, -0.2) is 8.42 Å². The van der Waals surface area contributed by atoms with Crippen molar-refractivity contribution < 1.29 is 68.5 Å². The Balaban J connectivity index is 0. The van der Waals surface area contributed by atoms with Gasteiger partial charge in [0.15, 0.2) is 0 Å². The van der Waals surface area contributed by atoms with Crippen molar-refractivity contribution in [2.24, 2.45) is 0 Å². The molecule has 0 aliphatic heterocycles. The maximum absolute atomic E-state index is 10.2. The van der Waals surface area contributed by atoms with E-state index in [1.54, 1.807) is 0 Å². The molecule has 0 fully saturated rings. The Kier molecular flexibility index (Phi) is 23.5. The molecule has 0 aromatic rings. The van der Waals surface area contributed by atoms with Crippen LogP contribution in [0.15, 0.2) is 12.2 Å². The summed E-state index contributed by atoms with van der Waals surface area (Å²) in [5, 5.41) is 0. The first-order valence-electron chi connectivity index (χ1n) is 9.31. The monoisotopic (exact) mass is 386 g/mol. The van der Waals surface area contributed by atoms with E-state index in [0.29, 0.717) is 6.42 Å². The van der Waals surface area contributed by atoms with Crippen LogP contribution in [0.25, 0.3) is 0 Å². The Morgan fingerprint density at radius 2 is 1.17 bits per heavy atom. The molecule has 0 unspecified atom stereocenters. The SMILES string of the molecule is CCCCCCCCC=CCCCCCCCCOS(=O)(=O)[O-].[K+]. The minimum atomic E-state index is -4.50. The van der Waals surface area contributed by atoms with Crippen LogP contribution in [0.1, 0.15) is 96.8 Å². The van der Waals surface area contributed by atoms with Crippen LogP contribution in [-0.4, -0.2) is 19.6 Å². The van der Waals surface area contributed by atoms with Crippen LogP contribution in [-0.2, 0) is 14.6 Å². The van der Waals surface area contributed by atoms with Crippen molar-refractivity contribution in [1.29, 1.82) is 0 Å². The molecule has 24 heavy (non-hydrogen) atoms. The summed E-state index contributed by atoms with van der Waals surface area (Å²) in [7, 11) is -4.50. The Bertz CT molecular complexity index is 369. The van der Waals surface area contributed by atoms with Crippen LogP contribution in [0.2, 0.25) is 0 Å². The molecule has 0 bridgehead atoms. The number of hydrogen-bond donors (Lipinski definition) is 0. The van der Waals surface area contributed by atoms with Crippen LogP contribution >= 0.6 is 0 Å². The molecule has 0 aromatic carbocycles. The first-order valence-corrected chi connectivity index (χ1v) is 10.6. The zero-order chi connectivity index (χ0) is 17.2. The van der Waals surface area contributed by atoms with E-state index in [0.717, 1.165) is 25.7 Å². The number of unbranched alkanes of at least 4 members (excludes halogenated alkanes) is 12. The summed E-state index contributed by atoms with van der Waals surface area (Å²) >= 11 is 0. The van der Waals surface area contributed by atoms with E-state index in [4.69, 9.17) is 0 Å². The summed E-state index contributed by atoms with van der Waals surface area (Å²) in [6, 6.07) is 0. The molecule has 0 saturated carbocycles. The Morgan fingerprint density at radius 3 is 1.62 bits per heavy atom. The van der Waals surface area contributed by atoms with Gasteiger partial charge in [0.2, 0.25) is 10.4 Å². The molecular formula is C18H35KO4S. The molecule has 0 rings (SSSR count). The third-order valence-electron chi connectivity index (χ3n) is 3.88. The second-order valence-electron chi connectivity index (χ2n) is 6.17. The third-order valence-corrected chi connectivity index (χ3v) is 4.34. The van der Waals surface area contributed by atoms with Gasteiger partial charge in [-0.2, -0.15) is 0 Å². The summed E-state index contributed by atoms with van der Waals surface area (Å²) < 4.78 is 34.8. The van der Waals surface area contributed by atoms with Crippen LogP contribution in [0.3, 0.4) is 0 Å². The fourth-order valence-corrected chi connectivity index (χ4v) is 2.83. The van der Waals surface area contributed by atoms with E-state index >= 15 is 0 Å². The van der Waals surface area contributed by atoms with Gasteiger partial charge in [-0.1, -0.05) is 76.9 Å². The summed E-state index contributed by atoms with van der Waals surface area (Å²) in [4.78, 5) is 0. The minimum absolute atomic E-state index is 0. The van der Waals surface area contributed by atoms with Crippen molar-refractivity contribution in [3.63, 3.8) is 0 Å². The molecule has 0 aromatic heterocycles. The maximum atomic E-state index is 10.2. The van der Waals surface area contributed by atoms with Gasteiger partial charge < -0.3 is 4.55 Å². The molecule has 4 nitrogen and oxygen atoms in total. The molecule has 0 aliphatic carbocycles. The first-order chi connectivity index (χ1) is 11.1. The maximum Gasteiger partial charge on any atom is 1.00 e. The second-order valence-corrected chi connectivity index (χ2v) is 7.22. The molecule has 6 heteroatoms. The van der Waals surface area contributed by atoms with Gasteiger partial charge in [0.25, 0.3) is 0 Å². The van der Waals surface area contributed by atoms with Crippen molar-refractivity contribution in [3.8, 4) is 0 Å². The molecule has 0 N–H and O–H groups in total. The third kappa shape index (κ3) is 25.5. The summed E-state index contributed by atoms with van der Waals surface area (Å²) in [5.74, 6) is 0. The van der Waals surface area contributed by atoms with Crippen molar-refractivity contribution >= 4 is 10.4 Å². The molecule has 0 heterocycles. The Labute approximate surface area is 192 Å². The molecule has 0 amide bonds. The smallest absolute Gasteiger partial charge is 0.726 e. The fraction of sp³-hybridized carbons (Fsp3) is 0.889. The summed E-state index contributed by atoms with van der Waals surface area (Å²) in [6.07, 6.45) is 21.4. The largest absolute Gasteiger partial charge is 1.00 e. The van der Waals surface area contributed by atoms with E-state index in [9.17, 15) is 13.0 Å². The predicted octanol–water partition coefficient (Wildman–Crippen LogP) is 2.50. The van der Waals surface area contributed by atoms with Crippen LogP contribution in [0, 0.1) is 0 Å². The molecule has 0 aliphatic rings. The molecule has 0 spiro atoms. The number of allylic oxidation sites excluding steroid dienone is 2. The zero-order valence-electron chi connectivity index (χ0n) is 15.8. The minimum Gasteiger partial charge on any atom is -0.726 e. The molecule has 138 valence electrons. The van der Waals surface area contributed by atoms with Crippen molar-refractivity contribution in [3.05, 3.63) is 12.2 Å². The second kappa shape index (κ2) is 20.6. The molecule has 0 atom stereocenters. The zero-order valence-corrected chi connectivity index (χ0v) is 19.7.